The molecule has 0 radical (unpaired) electrons. The molecule has 0 aliphatic carbocycles. The van der Waals surface area contributed by atoms with Crippen molar-refractivity contribution in [3.63, 3.8) is 0 Å². The molecule has 6 heteroatoms. The largest absolute Gasteiger partial charge is 0.377 e. The van der Waals surface area contributed by atoms with E-state index in [1.165, 1.54) is 0 Å². The summed E-state index contributed by atoms with van der Waals surface area (Å²) in [6.07, 6.45) is 2.45. The van der Waals surface area contributed by atoms with Crippen molar-refractivity contribution < 1.29 is 4.74 Å². The van der Waals surface area contributed by atoms with Gasteiger partial charge in [0.15, 0.2) is 0 Å². The average molecular weight is 386 g/mol. The summed E-state index contributed by atoms with van der Waals surface area (Å²) in [6, 6.07) is 23.1. The van der Waals surface area contributed by atoms with Crippen LogP contribution in [0.4, 0.5) is 11.6 Å². The van der Waals surface area contributed by atoms with E-state index in [0.717, 1.165) is 23.1 Å². The summed E-state index contributed by atoms with van der Waals surface area (Å²) < 4.78 is 7.42. The molecule has 2 aromatic carbocycles. The van der Waals surface area contributed by atoms with Crippen LogP contribution in [0.1, 0.15) is 12.0 Å². The zero-order chi connectivity index (χ0) is 19.9. The van der Waals surface area contributed by atoms with E-state index in [1.807, 2.05) is 60.7 Å². The van der Waals surface area contributed by atoms with Crippen LogP contribution in [0.5, 0.6) is 0 Å². The number of fused-ring (bicyclic) bond motifs is 1. The summed E-state index contributed by atoms with van der Waals surface area (Å²) in [6.45, 7) is 1.67. The van der Waals surface area contributed by atoms with Gasteiger partial charge in [-0.3, -0.25) is 9.36 Å². The van der Waals surface area contributed by atoms with Crippen molar-refractivity contribution in [2.75, 3.05) is 11.9 Å². The van der Waals surface area contributed by atoms with Crippen LogP contribution in [0.15, 0.2) is 83.8 Å². The molecule has 29 heavy (non-hydrogen) atoms. The molecule has 0 aliphatic rings. The molecule has 146 valence electrons. The van der Waals surface area contributed by atoms with Crippen molar-refractivity contribution in [2.24, 2.45) is 0 Å². The highest BCUT2D eigenvalue weighted by atomic mass is 16.5. The van der Waals surface area contributed by atoms with E-state index in [1.54, 1.807) is 22.9 Å². The first-order chi connectivity index (χ1) is 14.3. The molecule has 0 atom stereocenters. The van der Waals surface area contributed by atoms with Gasteiger partial charge in [-0.25, -0.2) is 4.98 Å². The van der Waals surface area contributed by atoms with Crippen molar-refractivity contribution in [3.05, 3.63) is 94.9 Å². The predicted molar refractivity (Wildman–Crippen MR) is 114 cm³/mol. The smallest absolute Gasteiger partial charge is 0.252 e. The van der Waals surface area contributed by atoms with Crippen LogP contribution in [-0.4, -0.2) is 21.1 Å². The van der Waals surface area contributed by atoms with Crippen molar-refractivity contribution in [1.82, 2.24) is 14.5 Å². The molecule has 4 rings (SSSR count). The second-order valence-corrected chi connectivity index (χ2v) is 6.68. The summed E-state index contributed by atoms with van der Waals surface area (Å²) in [4.78, 5) is 21.4. The Hall–Kier alpha value is -3.51. The Morgan fingerprint density at radius 3 is 2.48 bits per heavy atom. The summed E-state index contributed by atoms with van der Waals surface area (Å²) in [5.74, 6) is 0.461. The van der Waals surface area contributed by atoms with Crippen molar-refractivity contribution >= 4 is 22.7 Å². The Morgan fingerprint density at radius 2 is 1.69 bits per heavy atom. The van der Waals surface area contributed by atoms with Crippen molar-refractivity contribution in [1.29, 1.82) is 0 Å². The Morgan fingerprint density at radius 1 is 0.931 bits per heavy atom. The van der Waals surface area contributed by atoms with Gasteiger partial charge in [0, 0.05) is 36.5 Å². The van der Waals surface area contributed by atoms with Gasteiger partial charge in [-0.15, -0.1) is 0 Å². The average Bonchev–Trinajstić information content (AvgIpc) is 2.76. The lowest BCUT2D eigenvalue weighted by atomic mass is 10.2. The van der Waals surface area contributed by atoms with Crippen LogP contribution in [-0.2, 0) is 17.9 Å². The molecular weight excluding hydrogens is 364 g/mol. The molecule has 0 bridgehead atoms. The number of rotatable bonds is 8. The second-order valence-electron chi connectivity index (χ2n) is 6.68. The normalized spacial score (nSPS) is 10.9. The molecule has 0 fully saturated rings. The third kappa shape index (κ3) is 4.86. The summed E-state index contributed by atoms with van der Waals surface area (Å²) >= 11 is 0. The van der Waals surface area contributed by atoms with Crippen LogP contribution < -0.4 is 10.9 Å². The number of hydrogen-bond donors (Lipinski definition) is 1. The van der Waals surface area contributed by atoms with E-state index < -0.39 is 0 Å². The number of aryl methyl sites for hydroxylation is 1. The minimum Gasteiger partial charge on any atom is -0.377 e. The fourth-order valence-corrected chi connectivity index (χ4v) is 3.09. The standard InChI is InChI=1S/C23H22N4O2/c28-21-13-12-19-16-24-23(25-20-10-5-2-6-11-20)26-22(19)27(21)14-7-15-29-17-18-8-3-1-4-9-18/h1-6,8-13,16H,7,14-15,17H2,(H,24,25,26). The van der Waals surface area contributed by atoms with E-state index >= 15 is 0 Å². The molecule has 4 aromatic rings. The first-order valence-electron chi connectivity index (χ1n) is 9.60. The lowest BCUT2D eigenvalue weighted by Crippen LogP contribution is -2.21. The topological polar surface area (TPSA) is 69.0 Å². The fraction of sp³-hybridized carbons (Fsp3) is 0.174. The van der Waals surface area contributed by atoms with Crippen LogP contribution >= 0.6 is 0 Å². The van der Waals surface area contributed by atoms with Gasteiger partial charge in [0.25, 0.3) is 5.56 Å². The Balaban J connectivity index is 1.45. The van der Waals surface area contributed by atoms with Crippen LogP contribution in [0.3, 0.4) is 0 Å². The molecule has 0 aliphatic heterocycles. The van der Waals surface area contributed by atoms with Crippen LogP contribution in [0, 0.1) is 0 Å². The zero-order valence-electron chi connectivity index (χ0n) is 16.0. The number of nitrogens with one attached hydrogen (secondary N) is 1. The lowest BCUT2D eigenvalue weighted by Gasteiger charge is -2.11. The molecule has 0 unspecified atom stereocenters. The number of nitrogens with zero attached hydrogens (tertiary/aromatic N) is 3. The van der Waals surface area contributed by atoms with E-state index in [9.17, 15) is 4.79 Å². The minimum atomic E-state index is -0.0788. The van der Waals surface area contributed by atoms with E-state index in [4.69, 9.17) is 4.74 Å². The highest BCUT2D eigenvalue weighted by Gasteiger charge is 2.07. The van der Waals surface area contributed by atoms with Gasteiger partial charge in [0.1, 0.15) is 5.65 Å². The molecule has 2 heterocycles. The second kappa shape index (κ2) is 9.12. The molecule has 1 N–H and O–H groups in total. The van der Waals surface area contributed by atoms with Gasteiger partial charge in [0.2, 0.25) is 5.95 Å². The number of hydrogen-bond acceptors (Lipinski definition) is 5. The highest BCUT2D eigenvalue weighted by molar-refractivity contribution is 5.75. The summed E-state index contributed by atoms with van der Waals surface area (Å²) in [5, 5.41) is 4.00. The number of para-hydroxylation sites is 1. The zero-order valence-corrected chi connectivity index (χ0v) is 16.0. The number of ether oxygens (including phenoxy) is 1. The predicted octanol–water partition coefficient (Wildman–Crippen LogP) is 4.14. The highest BCUT2D eigenvalue weighted by Crippen LogP contribution is 2.15. The Labute approximate surface area is 168 Å². The van der Waals surface area contributed by atoms with Gasteiger partial charge in [0.05, 0.1) is 6.61 Å². The molecule has 2 aromatic heterocycles. The maximum atomic E-state index is 12.4. The SMILES string of the molecule is O=c1ccc2cnc(Nc3ccccc3)nc2n1CCCOCc1ccccc1. The Kier molecular flexibility index (Phi) is 5.92. The first kappa shape index (κ1) is 18.8. The maximum absolute atomic E-state index is 12.4. The van der Waals surface area contributed by atoms with Crippen LogP contribution in [0.25, 0.3) is 11.0 Å². The van der Waals surface area contributed by atoms with Crippen molar-refractivity contribution in [2.45, 2.75) is 19.6 Å². The molecule has 0 saturated heterocycles. The summed E-state index contributed by atoms with van der Waals surface area (Å²) in [7, 11) is 0. The number of anilines is 2. The molecule has 0 saturated carbocycles. The van der Waals surface area contributed by atoms with Gasteiger partial charge < -0.3 is 10.1 Å². The van der Waals surface area contributed by atoms with E-state index in [0.29, 0.717) is 31.4 Å². The van der Waals surface area contributed by atoms with E-state index in [-0.39, 0.29) is 5.56 Å². The minimum absolute atomic E-state index is 0.0788. The molecule has 0 spiro atoms. The number of benzene rings is 2. The van der Waals surface area contributed by atoms with Gasteiger partial charge in [-0.1, -0.05) is 48.5 Å². The number of aromatic nitrogens is 3. The van der Waals surface area contributed by atoms with Gasteiger partial charge in [-0.2, -0.15) is 4.98 Å². The van der Waals surface area contributed by atoms with Gasteiger partial charge in [-0.05, 0) is 30.2 Å². The first-order valence-corrected chi connectivity index (χ1v) is 9.60. The lowest BCUT2D eigenvalue weighted by molar-refractivity contribution is 0.115. The quantitative estimate of drug-likeness (QED) is 0.461. The van der Waals surface area contributed by atoms with Crippen molar-refractivity contribution in [3.8, 4) is 0 Å². The maximum Gasteiger partial charge on any atom is 0.252 e. The number of pyridine rings is 1. The fourth-order valence-electron chi connectivity index (χ4n) is 3.09. The molecular formula is C23H22N4O2. The molecule has 0 amide bonds. The van der Waals surface area contributed by atoms with Gasteiger partial charge >= 0.3 is 0 Å². The summed E-state index contributed by atoms with van der Waals surface area (Å²) in [5.41, 5.74) is 2.57. The third-order valence-corrected chi connectivity index (χ3v) is 4.53. The molecule has 6 nitrogen and oxygen atoms in total. The van der Waals surface area contributed by atoms with E-state index in [2.05, 4.69) is 15.3 Å². The monoisotopic (exact) mass is 386 g/mol. The Bertz CT molecular complexity index is 1130. The van der Waals surface area contributed by atoms with Crippen LogP contribution in [0.2, 0.25) is 0 Å². The third-order valence-electron chi connectivity index (χ3n) is 4.53.